The third kappa shape index (κ3) is 3.39. The second-order valence-corrected chi connectivity index (χ2v) is 5.62. The highest BCUT2D eigenvalue weighted by Crippen LogP contribution is 2.26. The van der Waals surface area contributed by atoms with Gasteiger partial charge in [-0.2, -0.15) is 0 Å². The number of halogens is 2. The lowest BCUT2D eigenvalue weighted by Gasteiger charge is -2.15. The molecule has 2 atom stereocenters. The van der Waals surface area contributed by atoms with E-state index in [1.54, 1.807) is 32.0 Å². The average molecular weight is 364 g/mol. The van der Waals surface area contributed by atoms with Gasteiger partial charge in [0, 0.05) is 20.4 Å². The first kappa shape index (κ1) is 14.4. The molecule has 92 valence electrons. The number of Topliss-reactive ketones (excluding diaryl/α,β-unsaturated/α-hetero) is 1. The number of benzene rings is 1. The highest BCUT2D eigenvalue weighted by atomic mass is 79.9. The van der Waals surface area contributed by atoms with E-state index in [9.17, 15) is 9.59 Å². The molecule has 0 aliphatic carbocycles. The van der Waals surface area contributed by atoms with Crippen molar-refractivity contribution in [3.05, 3.63) is 32.7 Å². The van der Waals surface area contributed by atoms with Gasteiger partial charge in [0.25, 0.3) is 0 Å². The van der Waals surface area contributed by atoms with Crippen LogP contribution in [0.3, 0.4) is 0 Å². The van der Waals surface area contributed by atoms with Crippen molar-refractivity contribution in [2.45, 2.75) is 13.8 Å². The Morgan fingerprint density at radius 2 is 1.71 bits per heavy atom. The average Bonchev–Trinajstić information content (AvgIpc) is 2.29. The topological polar surface area (TPSA) is 54.4 Å². The van der Waals surface area contributed by atoms with Crippen LogP contribution in [0.2, 0.25) is 0 Å². The number of carboxylic acid groups (broad SMARTS) is 1. The van der Waals surface area contributed by atoms with E-state index in [1.807, 2.05) is 0 Å². The van der Waals surface area contributed by atoms with Crippen molar-refractivity contribution < 1.29 is 14.7 Å². The van der Waals surface area contributed by atoms with Crippen LogP contribution in [-0.4, -0.2) is 16.9 Å². The second-order valence-electron chi connectivity index (χ2n) is 3.91. The molecule has 0 aromatic heterocycles. The van der Waals surface area contributed by atoms with Crippen molar-refractivity contribution in [3.8, 4) is 0 Å². The van der Waals surface area contributed by atoms with E-state index in [0.717, 1.165) is 8.95 Å². The molecule has 1 aromatic carbocycles. The van der Waals surface area contributed by atoms with E-state index in [0.29, 0.717) is 5.56 Å². The molecule has 5 heteroatoms. The summed E-state index contributed by atoms with van der Waals surface area (Å²) in [7, 11) is 0. The number of aliphatic carboxylic acids is 1. The molecule has 0 bridgehead atoms. The van der Waals surface area contributed by atoms with Gasteiger partial charge in [-0.25, -0.2) is 0 Å². The van der Waals surface area contributed by atoms with E-state index in [2.05, 4.69) is 31.9 Å². The molecule has 0 aliphatic heterocycles. The van der Waals surface area contributed by atoms with Crippen molar-refractivity contribution in [1.29, 1.82) is 0 Å². The lowest BCUT2D eigenvalue weighted by Crippen LogP contribution is -2.25. The van der Waals surface area contributed by atoms with E-state index in [4.69, 9.17) is 5.11 Å². The van der Waals surface area contributed by atoms with Crippen molar-refractivity contribution in [3.63, 3.8) is 0 Å². The van der Waals surface area contributed by atoms with Crippen LogP contribution in [0.25, 0.3) is 0 Å². The maximum absolute atomic E-state index is 12.1. The van der Waals surface area contributed by atoms with Gasteiger partial charge in [-0.1, -0.05) is 19.9 Å². The molecule has 0 spiro atoms. The number of rotatable bonds is 4. The van der Waals surface area contributed by atoms with Gasteiger partial charge in [-0.3, -0.25) is 9.59 Å². The highest BCUT2D eigenvalue weighted by Gasteiger charge is 2.26. The van der Waals surface area contributed by atoms with E-state index >= 15 is 0 Å². The summed E-state index contributed by atoms with van der Waals surface area (Å²) in [6.07, 6.45) is 0. The van der Waals surface area contributed by atoms with Crippen LogP contribution in [0.1, 0.15) is 24.2 Å². The van der Waals surface area contributed by atoms with Crippen LogP contribution >= 0.6 is 31.9 Å². The molecule has 0 saturated heterocycles. The predicted octanol–water partition coefficient (Wildman–Crippen LogP) is 3.75. The number of carboxylic acids is 1. The fraction of sp³-hybridized carbons (Fsp3) is 0.333. The zero-order valence-corrected chi connectivity index (χ0v) is 12.6. The third-order valence-electron chi connectivity index (χ3n) is 2.76. The van der Waals surface area contributed by atoms with Crippen LogP contribution in [0.5, 0.6) is 0 Å². The molecule has 1 aromatic rings. The van der Waals surface area contributed by atoms with Gasteiger partial charge in [0.1, 0.15) is 0 Å². The van der Waals surface area contributed by atoms with Crippen LogP contribution in [0.15, 0.2) is 27.1 Å². The number of hydrogen-bond donors (Lipinski definition) is 1. The maximum Gasteiger partial charge on any atom is 0.306 e. The lowest BCUT2D eigenvalue weighted by molar-refractivity contribution is -0.142. The molecule has 0 fully saturated rings. The van der Waals surface area contributed by atoms with Gasteiger partial charge >= 0.3 is 5.97 Å². The van der Waals surface area contributed by atoms with Gasteiger partial charge < -0.3 is 5.11 Å². The van der Waals surface area contributed by atoms with Crippen molar-refractivity contribution in [2.75, 3.05) is 0 Å². The molecular formula is C12H12Br2O3. The number of carbonyl (C=O) groups is 2. The van der Waals surface area contributed by atoms with Gasteiger partial charge in [0.2, 0.25) is 0 Å². The summed E-state index contributed by atoms with van der Waals surface area (Å²) in [6.45, 7) is 3.18. The van der Waals surface area contributed by atoms with Crippen molar-refractivity contribution in [1.82, 2.24) is 0 Å². The summed E-state index contributed by atoms with van der Waals surface area (Å²) in [5.41, 5.74) is 0.515. The Balaban J connectivity index is 2.96. The minimum atomic E-state index is -0.956. The number of ketones is 1. The first-order valence-electron chi connectivity index (χ1n) is 5.06. The highest BCUT2D eigenvalue weighted by molar-refractivity contribution is 9.13. The van der Waals surface area contributed by atoms with Crippen LogP contribution in [-0.2, 0) is 4.79 Å². The molecule has 0 amide bonds. The van der Waals surface area contributed by atoms with Crippen LogP contribution < -0.4 is 0 Å². The van der Waals surface area contributed by atoms with Gasteiger partial charge in [-0.15, -0.1) is 0 Å². The first-order chi connectivity index (χ1) is 7.84. The SMILES string of the molecule is CC(C(=O)O)C(C)C(=O)c1ccc(Br)c(Br)c1. The summed E-state index contributed by atoms with van der Waals surface area (Å²) in [5, 5.41) is 8.88. The molecule has 3 nitrogen and oxygen atoms in total. The molecule has 0 saturated carbocycles. The predicted molar refractivity (Wildman–Crippen MR) is 72.1 cm³/mol. The van der Waals surface area contributed by atoms with Gasteiger partial charge in [0.05, 0.1) is 5.92 Å². The maximum atomic E-state index is 12.1. The molecule has 0 radical (unpaired) electrons. The number of carbonyl (C=O) groups excluding carboxylic acids is 1. The normalized spacial score (nSPS) is 14.1. The largest absolute Gasteiger partial charge is 0.481 e. The monoisotopic (exact) mass is 362 g/mol. The standard InChI is InChI=1S/C12H12Br2O3/c1-6(7(2)12(16)17)11(15)8-3-4-9(13)10(14)5-8/h3-7H,1-2H3,(H,16,17). The molecule has 2 unspecified atom stereocenters. The van der Waals surface area contributed by atoms with Crippen LogP contribution in [0, 0.1) is 11.8 Å². The van der Waals surface area contributed by atoms with Crippen molar-refractivity contribution in [2.24, 2.45) is 11.8 Å². The zero-order chi connectivity index (χ0) is 13.2. The van der Waals surface area contributed by atoms with E-state index < -0.39 is 17.8 Å². The van der Waals surface area contributed by atoms with Crippen LogP contribution in [0.4, 0.5) is 0 Å². The summed E-state index contributed by atoms with van der Waals surface area (Å²) in [5.74, 6) is -2.35. The summed E-state index contributed by atoms with van der Waals surface area (Å²) < 4.78 is 1.63. The van der Waals surface area contributed by atoms with E-state index in [1.165, 1.54) is 0 Å². The number of hydrogen-bond acceptors (Lipinski definition) is 2. The quantitative estimate of drug-likeness (QED) is 0.829. The van der Waals surface area contributed by atoms with E-state index in [-0.39, 0.29) is 5.78 Å². The summed E-state index contributed by atoms with van der Waals surface area (Å²) in [6, 6.07) is 5.13. The second kappa shape index (κ2) is 5.78. The Morgan fingerprint density at radius 1 is 1.12 bits per heavy atom. The van der Waals surface area contributed by atoms with Gasteiger partial charge in [-0.05, 0) is 44.0 Å². The fourth-order valence-corrected chi connectivity index (χ4v) is 1.98. The summed E-state index contributed by atoms with van der Waals surface area (Å²) >= 11 is 6.63. The molecule has 17 heavy (non-hydrogen) atoms. The molecule has 1 N–H and O–H groups in total. The Hall–Kier alpha value is -0.680. The third-order valence-corrected chi connectivity index (χ3v) is 4.64. The molecular weight excluding hydrogens is 352 g/mol. The minimum Gasteiger partial charge on any atom is -0.481 e. The zero-order valence-electron chi connectivity index (χ0n) is 9.41. The smallest absolute Gasteiger partial charge is 0.306 e. The molecule has 0 heterocycles. The minimum absolute atomic E-state index is 0.159. The fourth-order valence-electron chi connectivity index (χ4n) is 1.35. The summed E-state index contributed by atoms with van der Waals surface area (Å²) in [4.78, 5) is 22.9. The molecule has 0 aliphatic rings. The Bertz CT molecular complexity index is 457. The lowest BCUT2D eigenvalue weighted by atomic mass is 9.88. The van der Waals surface area contributed by atoms with Gasteiger partial charge in [0.15, 0.2) is 5.78 Å². The first-order valence-corrected chi connectivity index (χ1v) is 6.65. The Morgan fingerprint density at radius 3 is 2.18 bits per heavy atom. The Labute approximate surface area is 116 Å². The molecule has 1 rings (SSSR count). The Kier molecular flexibility index (Phi) is 4.89. The van der Waals surface area contributed by atoms with Crippen molar-refractivity contribution >= 4 is 43.6 Å².